The highest BCUT2D eigenvalue weighted by molar-refractivity contribution is 6.05. The molecule has 5 aromatic rings. The molecule has 2 aromatic carbocycles. The van der Waals surface area contributed by atoms with Crippen molar-refractivity contribution >= 4 is 34.5 Å². The van der Waals surface area contributed by atoms with E-state index in [1.54, 1.807) is 0 Å². The van der Waals surface area contributed by atoms with Gasteiger partial charge in [-0.3, -0.25) is 19.9 Å². The minimum Gasteiger partial charge on any atom is -0.457 e. The first-order valence-electron chi connectivity index (χ1n) is 14.6. The van der Waals surface area contributed by atoms with E-state index in [9.17, 15) is 9.59 Å². The quantitative estimate of drug-likeness (QED) is 0.276. The van der Waals surface area contributed by atoms with E-state index in [-0.39, 0.29) is 42.8 Å². The summed E-state index contributed by atoms with van der Waals surface area (Å²) in [5.74, 6) is 0.791. The van der Waals surface area contributed by atoms with E-state index in [0.717, 1.165) is 24.2 Å². The van der Waals surface area contributed by atoms with Crippen molar-refractivity contribution in [2.75, 3.05) is 30.3 Å². The molecule has 0 spiro atoms. The number of halogens is 1. The third-order valence-corrected chi connectivity index (χ3v) is 8.08. The first kappa shape index (κ1) is 28.3. The van der Waals surface area contributed by atoms with Gasteiger partial charge in [-0.15, -0.1) is 0 Å². The molecule has 2 fully saturated rings. The molecular weight excluding hydrogens is 579 g/mol. The fourth-order valence-electron chi connectivity index (χ4n) is 5.78. The van der Waals surface area contributed by atoms with Gasteiger partial charge < -0.3 is 10.5 Å². The standard InChI is InChI=1S/C31H29FN10O3/c32-27-23(38-36-16-24(27)41-15-12-25(43)37-31(41)44)17-40-13-10-20(11-14-40)42-30-26(29(33)34-18-35-30)28(39-42)19-6-8-22(9-7-19)45-21-4-2-1-3-5-21/h1-9,16,18,20H,10-15,17H2,(H2,33,34,35)(H,37,43,44). The second-order valence-electron chi connectivity index (χ2n) is 10.9. The molecule has 2 aliphatic heterocycles. The van der Waals surface area contributed by atoms with Crippen molar-refractivity contribution in [3.63, 3.8) is 0 Å². The lowest BCUT2D eigenvalue weighted by molar-refractivity contribution is -0.120. The van der Waals surface area contributed by atoms with Gasteiger partial charge in [0, 0.05) is 38.2 Å². The molecule has 0 atom stereocenters. The first-order valence-corrected chi connectivity index (χ1v) is 14.6. The number of nitrogens with zero attached hydrogens (tertiary/aromatic N) is 8. The molecule has 2 aliphatic rings. The number of rotatable bonds is 7. The monoisotopic (exact) mass is 608 g/mol. The molecule has 5 heterocycles. The number of piperidine rings is 1. The predicted octanol–water partition coefficient (Wildman–Crippen LogP) is 4.08. The smallest absolute Gasteiger partial charge is 0.328 e. The number of benzene rings is 2. The Morgan fingerprint density at radius 1 is 0.978 bits per heavy atom. The summed E-state index contributed by atoms with van der Waals surface area (Å²) < 4.78 is 23.3. The minimum atomic E-state index is -0.670. The number of hydrogen-bond acceptors (Lipinski definition) is 10. The second kappa shape index (κ2) is 11.9. The average molecular weight is 609 g/mol. The van der Waals surface area contributed by atoms with Crippen LogP contribution in [0.3, 0.4) is 0 Å². The number of nitrogen functional groups attached to an aromatic ring is 1. The van der Waals surface area contributed by atoms with Crippen molar-refractivity contribution in [3.05, 3.63) is 78.6 Å². The van der Waals surface area contributed by atoms with Crippen LogP contribution in [-0.2, 0) is 11.3 Å². The van der Waals surface area contributed by atoms with Gasteiger partial charge in [0.05, 0.1) is 17.6 Å². The zero-order valence-corrected chi connectivity index (χ0v) is 24.1. The van der Waals surface area contributed by atoms with Crippen LogP contribution in [0.1, 0.15) is 31.0 Å². The predicted molar refractivity (Wildman–Crippen MR) is 163 cm³/mol. The molecule has 45 heavy (non-hydrogen) atoms. The van der Waals surface area contributed by atoms with Crippen LogP contribution in [0.5, 0.6) is 11.5 Å². The van der Waals surface area contributed by atoms with Gasteiger partial charge >= 0.3 is 6.03 Å². The van der Waals surface area contributed by atoms with Gasteiger partial charge in [-0.2, -0.15) is 15.3 Å². The number of ether oxygens (including phenoxy) is 1. The molecule has 0 aliphatic carbocycles. The zero-order chi connectivity index (χ0) is 30.9. The molecule has 0 unspecified atom stereocenters. The van der Waals surface area contributed by atoms with Crippen LogP contribution >= 0.6 is 0 Å². The lowest BCUT2D eigenvalue weighted by Gasteiger charge is -2.32. The number of hydrogen-bond donors (Lipinski definition) is 2. The topological polar surface area (TPSA) is 157 Å². The van der Waals surface area contributed by atoms with Gasteiger partial charge in [-0.05, 0) is 49.2 Å². The number of anilines is 2. The molecule has 0 radical (unpaired) electrons. The van der Waals surface area contributed by atoms with Gasteiger partial charge in [0.15, 0.2) is 11.5 Å². The van der Waals surface area contributed by atoms with Crippen molar-refractivity contribution in [3.8, 4) is 22.8 Å². The van der Waals surface area contributed by atoms with Crippen molar-refractivity contribution in [2.45, 2.75) is 31.8 Å². The lowest BCUT2D eigenvalue weighted by Crippen LogP contribution is -2.50. The number of imide groups is 1. The van der Waals surface area contributed by atoms with Crippen LogP contribution in [0.4, 0.5) is 20.7 Å². The number of likely N-dealkylation sites (tertiary alicyclic amines) is 1. The van der Waals surface area contributed by atoms with Crippen molar-refractivity contribution in [2.24, 2.45) is 0 Å². The summed E-state index contributed by atoms with van der Waals surface area (Å²) in [4.78, 5) is 35.8. The molecule has 3 N–H and O–H groups in total. The number of nitrogens with two attached hydrogens (primary N) is 1. The van der Waals surface area contributed by atoms with Crippen LogP contribution < -0.4 is 20.7 Å². The van der Waals surface area contributed by atoms with Gasteiger partial charge in [0.25, 0.3) is 0 Å². The average Bonchev–Trinajstić information content (AvgIpc) is 3.45. The third kappa shape index (κ3) is 5.62. The SMILES string of the molecule is Nc1ncnc2c1c(-c1ccc(Oc3ccccc3)cc1)nn2C1CCN(Cc2nncc(N3CCC(=O)NC3=O)c2F)CC1. The van der Waals surface area contributed by atoms with Crippen LogP contribution in [0.25, 0.3) is 22.3 Å². The van der Waals surface area contributed by atoms with Gasteiger partial charge in [-0.1, -0.05) is 18.2 Å². The Balaban J connectivity index is 1.07. The van der Waals surface area contributed by atoms with E-state index >= 15 is 4.39 Å². The summed E-state index contributed by atoms with van der Waals surface area (Å²) in [6, 6.07) is 16.6. The van der Waals surface area contributed by atoms with E-state index in [4.69, 9.17) is 15.6 Å². The number of carbonyl (C=O) groups is 2. The maximum atomic E-state index is 15.5. The normalized spacial score (nSPS) is 16.2. The van der Waals surface area contributed by atoms with E-state index in [1.807, 2.05) is 59.3 Å². The van der Waals surface area contributed by atoms with E-state index < -0.39 is 11.8 Å². The summed E-state index contributed by atoms with van der Waals surface area (Å²) in [7, 11) is 0. The van der Waals surface area contributed by atoms with Crippen LogP contribution in [0, 0.1) is 5.82 Å². The third-order valence-electron chi connectivity index (χ3n) is 8.08. The van der Waals surface area contributed by atoms with E-state index in [2.05, 4.69) is 30.4 Å². The summed E-state index contributed by atoms with van der Waals surface area (Å²) in [6.45, 7) is 1.61. The largest absolute Gasteiger partial charge is 0.457 e. The van der Waals surface area contributed by atoms with Crippen LogP contribution in [0.2, 0.25) is 0 Å². The Kier molecular flexibility index (Phi) is 7.47. The molecule has 14 heteroatoms. The number of nitrogens with one attached hydrogen (secondary N) is 1. The molecule has 7 rings (SSSR count). The number of carbonyl (C=O) groups excluding carboxylic acids is 2. The Bertz CT molecular complexity index is 1870. The fourth-order valence-corrected chi connectivity index (χ4v) is 5.78. The Morgan fingerprint density at radius 2 is 1.73 bits per heavy atom. The highest BCUT2D eigenvalue weighted by atomic mass is 19.1. The number of urea groups is 1. The lowest BCUT2D eigenvalue weighted by atomic mass is 10.0. The maximum Gasteiger partial charge on any atom is 0.328 e. The summed E-state index contributed by atoms with van der Waals surface area (Å²) >= 11 is 0. The number of amides is 3. The Labute approximate surface area is 256 Å². The van der Waals surface area contributed by atoms with Gasteiger partial charge in [0.1, 0.15) is 40.7 Å². The number of aromatic nitrogens is 6. The number of fused-ring (bicyclic) bond motifs is 1. The molecule has 228 valence electrons. The van der Waals surface area contributed by atoms with Crippen LogP contribution in [-0.4, -0.2) is 66.4 Å². The molecule has 3 amide bonds. The Morgan fingerprint density at radius 3 is 2.49 bits per heavy atom. The molecular formula is C31H29FN10O3. The second-order valence-corrected chi connectivity index (χ2v) is 10.9. The highest BCUT2D eigenvalue weighted by Gasteiger charge is 2.30. The molecule has 0 bridgehead atoms. The fraction of sp³-hybridized carbons (Fsp3) is 0.258. The first-order chi connectivity index (χ1) is 21.9. The number of para-hydroxylation sites is 1. The molecule has 13 nitrogen and oxygen atoms in total. The van der Waals surface area contributed by atoms with Gasteiger partial charge in [0.2, 0.25) is 5.91 Å². The minimum absolute atomic E-state index is 0.00681. The zero-order valence-electron chi connectivity index (χ0n) is 24.1. The Hall–Kier alpha value is -5.50. The van der Waals surface area contributed by atoms with Crippen molar-refractivity contribution in [1.29, 1.82) is 0 Å². The summed E-state index contributed by atoms with van der Waals surface area (Å²) in [5, 5.41) is 15.8. The van der Waals surface area contributed by atoms with Crippen molar-refractivity contribution in [1.82, 2.24) is 40.2 Å². The summed E-state index contributed by atoms with van der Waals surface area (Å²) in [6.07, 6.45) is 4.20. The molecule has 0 saturated carbocycles. The molecule has 2 saturated heterocycles. The van der Waals surface area contributed by atoms with Gasteiger partial charge in [-0.25, -0.2) is 23.8 Å². The molecule has 3 aromatic heterocycles. The van der Waals surface area contributed by atoms with E-state index in [1.165, 1.54) is 17.4 Å². The maximum absolute atomic E-state index is 15.5. The van der Waals surface area contributed by atoms with Crippen molar-refractivity contribution < 1.29 is 18.7 Å². The highest BCUT2D eigenvalue weighted by Crippen LogP contribution is 2.35. The summed E-state index contributed by atoms with van der Waals surface area (Å²) in [5.41, 5.74) is 8.70. The van der Waals surface area contributed by atoms with Crippen LogP contribution in [0.15, 0.2) is 67.1 Å². The van der Waals surface area contributed by atoms with E-state index in [0.29, 0.717) is 41.4 Å².